The lowest BCUT2D eigenvalue weighted by Gasteiger charge is -2.11. The fourth-order valence-electron chi connectivity index (χ4n) is 2.22. The summed E-state index contributed by atoms with van der Waals surface area (Å²) in [6.45, 7) is 0.899. The van der Waals surface area contributed by atoms with E-state index in [1.165, 1.54) is 25.1 Å². The molecular formula is C16H13N3O8. The van der Waals surface area contributed by atoms with Crippen LogP contribution in [0.15, 0.2) is 36.4 Å². The number of aromatic carboxylic acids is 1. The summed E-state index contributed by atoms with van der Waals surface area (Å²) in [5.74, 6) is -2.15. The number of amides is 1. The quantitative estimate of drug-likeness (QED) is 0.551. The average Bonchev–Trinajstić information content (AvgIpc) is 2.61. The molecule has 2 aromatic rings. The van der Waals surface area contributed by atoms with E-state index < -0.39 is 39.7 Å². The Morgan fingerprint density at radius 1 is 1.15 bits per heavy atom. The van der Waals surface area contributed by atoms with Gasteiger partial charge in [-0.15, -0.1) is 0 Å². The Morgan fingerprint density at radius 2 is 1.85 bits per heavy atom. The van der Waals surface area contributed by atoms with Gasteiger partial charge in [-0.3, -0.25) is 25.0 Å². The van der Waals surface area contributed by atoms with Crippen molar-refractivity contribution < 1.29 is 29.3 Å². The van der Waals surface area contributed by atoms with Crippen LogP contribution in [0.4, 0.5) is 17.1 Å². The summed E-state index contributed by atoms with van der Waals surface area (Å²) in [4.78, 5) is 43.2. The molecule has 11 nitrogen and oxygen atoms in total. The monoisotopic (exact) mass is 375 g/mol. The summed E-state index contributed by atoms with van der Waals surface area (Å²) >= 11 is 0. The van der Waals surface area contributed by atoms with Crippen molar-refractivity contribution in [2.24, 2.45) is 0 Å². The topological polar surface area (TPSA) is 162 Å². The minimum atomic E-state index is -1.15. The molecule has 0 aliphatic carbocycles. The number of carboxylic acids is 1. The third-order valence-electron chi connectivity index (χ3n) is 3.55. The second kappa shape index (κ2) is 7.91. The molecule has 0 saturated carbocycles. The highest BCUT2D eigenvalue weighted by Crippen LogP contribution is 2.31. The van der Waals surface area contributed by atoms with E-state index in [0.717, 1.165) is 18.2 Å². The van der Waals surface area contributed by atoms with Gasteiger partial charge in [0.05, 0.1) is 21.5 Å². The van der Waals surface area contributed by atoms with Crippen molar-refractivity contribution in [3.63, 3.8) is 0 Å². The van der Waals surface area contributed by atoms with E-state index in [9.17, 15) is 29.8 Å². The molecule has 0 atom stereocenters. The van der Waals surface area contributed by atoms with Crippen LogP contribution in [0.5, 0.6) is 5.75 Å². The van der Waals surface area contributed by atoms with Crippen LogP contribution in [-0.2, 0) is 4.79 Å². The number of carbonyl (C=O) groups excluding carboxylic acids is 1. The first kappa shape index (κ1) is 19.3. The van der Waals surface area contributed by atoms with Crippen molar-refractivity contribution >= 4 is 28.9 Å². The van der Waals surface area contributed by atoms with Crippen LogP contribution in [0.25, 0.3) is 0 Å². The zero-order valence-electron chi connectivity index (χ0n) is 13.9. The molecule has 2 aromatic carbocycles. The van der Waals surface area contributed by atoms with Gasteiger partial charge in [-0.25, -0.2) is 4.79 Å². The van der Waals surface area contributed by atoms with Crippen LogP contribution in [0.3, 0.4) is 0 Å². The second-order valence-corrected chi connectivity index (χ2v) is 5.29. The number of nitro benzene ring substituents is 2. The summed E-state index contributed by atoms with van der Waals surface area (Å²) in [5.41, 5.74) is -0.540. The van der Waals surface area contributed by atoms with Gasteiger partial charge in [-0.1, -0.05) is 6.07 Å². The molecule has 0 heterocycles. The van der Waals surface area contributed by atoms with E-state index in [2.05, 4.69) is 5.32 Å². The Labute approximate surface area is 151 Å². The lowest BCUT2D eigenvalue weighted by Crippen LogP contribution is -2.21. The Balaban J connectivity index is 2.12. The number of carboxylic acid groups (broad SMARTS) is 1. The maximum atomic E-state index is 12.0. The lowest BCUT2D eigenvalue weighted by atomic mass is 10.1. The van der Waals surface area contributed by atoms with Gasteiger partial charge >= 0.3 is 11.7 Å². The molecule has 27 heavy (non-hydrogen) atoms. The van der Waals surface area contributed by atoms with Crippen LogP contribution in [-0.4, -0.2) is 33.4 Å². The van der Waals surface area contributed by atoms with Gasteiger partial charge in [0.25, 0.3) is 11.6 Å². The number of carbonyl (C=O) groups is 2. The number of anilines is 1. The Kier molecular flexibility index (Phi) is 5.65. The molecule has 0 bridgehead atoms. The molecule has 0 radical (unpaired) electrons. The fraction of sp³-hybridized carbons (Fsp3) is 0.125. The number of hydrogen-bond donors (Lipinski definition) is 2. The van der Waals surface area contributed by atoms with Crippen molar-refractivity contribution in [2.45, 2.75) is 6.92 Å². The highest BCUT2D eigenvalue weighted by Gasteiger charge is 2.21. The third-order valence-corrected chi connectivity index (χ3v) is 3.55. The van der Waals surface area contributed by atoms with Gasteiger partial charge in [0.2, 0.25) is 0 Å². The number of benzene rings is 2. The van der Waals surface area contributed by atoms with E-state index in [1.807, 2.05) is 0 Å². The molecule has 11 heteroatoms. The smallest absolute Gasteiger partial charge is 0.336 e. The lowest BCUT2D eigenvalue weighted by molar-refractivity contribution is -0.394. The maximum Gasteiger partial charge on any atom is 0.336 e. The van der Waals surface area contributed by atoms with Crippen LogP contribution >= 0.6 is 0 Å². The molecule has 0 aliphatic heterocycles. The van der Waals surface area contributed by atoms with Gasteiger partial charge in [-0.2, -0.15) is 0 Å². The van der Waals surface area contributed by atoms with Gasteiger partial charge < -0.3 is 15.2 Å². The van der Waals surface area contributed by atoms with Gasteiger partial charge in [0.1, 0.15) is 0 Å². The Morgan fingerprint density at radius 3 is 2.44 bits per heavy atom. The van der Waals surface area contributed by atoms with Gasteiger partial charge in [-0.05, 0) is 30.7 Å². The molecule has 1 amide bonds. The van der Waals surface area contributed by atoms with Crippen LogP contribution < -0.4 is 10.1 Å². The second-order valence-electron chi connectivity index (χ2n) is 5.29. The van der Waals surface area contributed by atoms with Crippen molar-refractivity contribution in [1.29, 1.82) is 0 Å². The summed E-state index contributed by atoms with van der Waals surface area (Å²) < 4.78 is 5.09. The minimum absolute atomic E-state index is 0.0136. The molecule has 2 N–H and O–H groups in total. The Bertz CT molecular complexity index is 941. The van der Waals surface area contributed by atoms with Gasteiger partial charge in [0.15, 0.2) is 12.4 Å². The van der Waals surface area contributed by atoms with E-state index in [4.69, 9.17) is 9.84 Å². The molecule has 0 aromatic heterocycles. The van der Waals surface area contributed by atoms with Crippen molar-refractivity contribution in [2.75, 3.05) is 11.9 Å². The average molecular weight is 375 g/mol. The number of nitro groups is 2. The van der Waals surface area contributed by atoms with Crippen LogP contribution in [0.2, 0.25) is 0 Å². The number of non-ortho nitro benzene ring substituents is 1. The van der Waals surface area contributed by atoms with Crippen molar-refractivity contribution in [3.8, 4) is 5.75 Å². The zero-order chi connectivity index (χ0) is 20.1. The summed E-state index contributed by atoms with van der Waals surface area (Å²) in [7, 11) is 0. The maximum absolute atomic E-state index is 12.0. The summed E-state index contributed by atoms with van der Waals surface area (Å²) in [6, 6.07) is 7.10. The Hall–Kier alpha value is -4.02. The predicted molar refractivity (Wildman–Crippen MR) is 92.0 cm³/mol. The molecule has 0 fully saturated rings. The molecule has 0 aliphatic rings. The standard InChI is InChI=1S/C16H13N3O8/c1-9-11(16(21)22)3-2-4-12(9)17-15(20)8-27-14-6-5-10(18(23)24)7-13(14)19(25)26/h2-7H,8H2,1H3,(H,17,20)(H,21,22). The summed E-state index contributed by atoms with van der Waals surface area (Å²) in [6.07, 6.45) is 0. The largest absolute Gasteiger partial charge is 0.478 e. The molecular weight excluding hydrogens is 362 g/mol. The molecule has 140 valence electrons. The first-order valence-electron chi connectivity index (χ1n) is 7.39. The number of ether oxygens (including phenoxy) is 1. The van der Waals surface area contributed by atoms with Crippen molar-refractivity contribution in [1.82, 2.24) is 0 Å². The molecule has 0 saturated heterocycles. The highest BCUT2D eigenvalue weighted by atomic mass is 16.6. The minimum Gasteiger partial charge on any atom is -0.478 e. The predicted octanol–water partition coefficient (Wildman–Crippen LogP) is 2.53. The molecule has 0 unspecified atom stereocenters. The van der Waals surface area contributed by atoms with E-state index in [0.29, 0.717) is 5.56 Å². The van der Waals surface area contributed by atoms with Gasteiger partial charge in [0, 0.05) is 11.8 Å². The molecule has 0 spiro atoms. The van der Waals surface area contributed by atoms with E-state index >= 15 is 0 Å². The summed E-state index contributed by atoms with van der Waals surface area (Å²) in [5, 5.41) is 33.2. The van der Waals surface area contributed by atoms with Crippen LogP contribution in [0, 0.1) is 27.2 Å². The van der Waals surface area contributed by atoms with Crippen LogP contribution in [0.1, 0.15) is 15.9 Å². The number of nitrogens with zero attached hydrogens (tertiary/aromatic N) is 2. The number of rotatable bonds is 7. The SMILES string of the molecule is Cc1c(NC(=O)COc2ccc([N+](=O)[O-])cc2[N+](=O)[O-])cccc1C(=O)O. The first-order chi connectivity index (χ1) is 12.7. The van der Waals surface area contributed by atoms with E-state index in [1.54, 1.807) is 0 Å². The van der Waals surface area contributed by atoms with Crippen molar-refractivity contribution in [3.05, 3.63) is 67.8 Å². The third kappa shape index (κ3) is 4.54. The fourth-order valence-corrected chi connectivity index (χ4v) is 2.22. The highest BCUT2D eigenvalue weighted by molar-refractivity contribution is 5.96. The van der Waals surface area contributed by atoms with E-state index in [-0.39, 0.29) is 17.0 Å². The zero-order valence-corrected chi connectivity index (χ0v) is 13.9. The first-order valence-corrected chi connectivity index (χ1v) is 7.39. The number of hydrogen-bond acceptors (Lipinski definition) is 7. The molecule has 2 rings (SSSR count). The number of nitrogens with one attached hydrogen (secondary N) is 1. The normalized spacial score (nSPS) is 10.1.